The molecule has 3 aromatic carbocycles. The Balaban J connectivity index is 1.70. The van der Waals surface area contributed by atoms with E-state index in [4.69, 9.17) is 44.5 Å². The molecule has 6 nitrogen and oxygen atoms in total. The van der Waals surface area contributed by atoms with Gasteiger partial charge in [0.25, 0.3) is 0 Å². The first kappa shape index (κ1) is 29.2. The number of nitrogens with one attached hydrogen (secondary N) is 1. The van der Waals surface area contributed by atoms with Gasteiger partial charge in [-0.1, -0.05) is 66.0 Å². The summed E-state index contributed by atoms with van der Waals surface area (Å²) in [5, 5.41) is 5.03. The van der Waals surface area contributed by atoms with Crippen LogP contribution in [0.5, 0.6) is 5.75 Å². The van der Waals surface area contributed by atoms with E-state index in [0.29, 0.717) is 46.9 Å². The van der Waals surface area contributed by atoms with Gasteiger partial charge in [0, 0.05) is 29.2 Å². The molecular formula is C30H32Cl3N3O3S. The van der Waals surface area contributed by atoms with E-state index in [1.54, 1.807) is 12.1 Å². The predicted molar refractivity (Wildman–Crippen MR) is 163 cm³/mol. The van der Waals surface area contributed by atoms with Gasteiger partial charge in [0.2, 0.25) is 10.0 Å². The first-order valence-electron chi connectivity index (χ1n) is 13.4. The van der Waals surface area contributed by atoms with Gasteiger partial charge < -0.3 is 10.1 Å². The number of ether oxygens (including phenoxy) is 1. The first-order chi connectivity index (χ1) is 19.0. The zero-order valence-corrected chi connectivity index (χ0v) is 25.8. The minimum atomic E-state index is -3.80. The molecule has 0 unspecified atom stereocenters. The number of nitrogens with zero attached hydrogens (tertiary/aromatic N) is 2. The highest BCUT2D eigenvalue weighted by Gasteiger charge is 2.52. The molecule has 10 heteroatoms. The molecule has 0 aromatic heterocycles. The molecule has 2 aliphatic heterocycles. The molecule has 0 aliphatic carbocycles. The largest absolute Gasteiger partial charge is 0.493 e. The highest BCUT2D eigenvalue weighted by molar-refractivity contribution is 7.89. The third kappa shape index (κ3) is 5.12. The van der Waals surface area contributed by atoms with Gasteiger partial charge in [-0.2, -0.15) is 4.31 Å². The smallest absolute Gasteiger partial charge is 0.244 e. The normalized spacial score (nSPS) is 23.2. The van der Waals surface area contributed by atoms with Crippen molar-refractivity contribution in [3.05, 3.63) is 92.4 Å². The van der Waals surface area contributed by atoms with E-state index in [2.05, 4.69) is 19.2 Å². The fourth-order valence-electron chi connectivity index (χ4n) is 5.43. The van der Waals surface area contributed by atoms with Crippen molar-refractivity contribution in [3.8, 4) is 5.75 Å². The summed E-state index contributed by atoms with van der Waals surface area (Å²) >= 11 is 19.1. The lowest BCUT2D eigenvalue weighted by molar-refractivity contribution is 0.268. The van der Waals surface area contributed by atoms with Crippen molar-refractivity contribution in [2.75, 3.05) is 19.7 Å². The van der Waals surface area contributed by atoms with Crippen molar-refractivity contribution in [2.24, 2.45) is 4.99 Å². The molecule has 1 N–H and O–H groups in total. The van der Waals surface area contributed by atoms with Crippen LogP contribution in [-0.2, 0) is 21.1 Å². The summed E-state index contributed by atoms with van der Waals surface area (Å²) < 4.78 is 34.8. The molecule has 0 spiro atoms. The second-order valence-electron chi connectivity index (χ2n) is 10.5. The van der Waals surface area contributed by atoms with Gasteiger partial charge in [-0.05, 0) is 74.6 Å². The minimum Gasteiger partial charge on any atom is -0.493 e. The maximum atomic E-state index is 13.6. The molecular weight excluding hydrogens is 589 g/mol. The Morgan fingerprint density at radius 1 is 0.925 bits per heavy atom. The van der Waals surface area contributed by atoms with Crippen molar-refractivity contribution < 1.29 is 13.2 Å². The van der Waals surface area contributed by atoms with Crippen LogP contribution in [0.15, 0.2) is 70.6 Å². The van der Waals surface area contributed by atoms with E-state index in [9.17, 15) is 8.42 Å². The third-order valence-corrected chi connectivity index (χ3v) is 10.8. The number of halogens is 3. The molecule has 2 heterocycles. The van der Waals surface area contributed by atoms with Gasteiger partial charge >= 0.3 is 0 Å². The quantitative estimate of drug-likeness (QED) is 0.285. The number of hydrogen-bond donors (Lipinski definition) is 1. The van der Waals surface area contributed by atoms with Gasteiger partial charge in [0.05, 0.1) is 22.7 Å². The van der Waals surface area contributed by atoms with Crippen LogP contribution < -0.4 is 10.1 Å². The number of sulfonamides is 1. The monoisotopic (exact) mass is 619 g/mol. The van der Waals surface area contributed by atoms with E-state index in [1.165, 1.54) is 4.31 Å². The second-order valence-corrected chi connectivity index (χ2v) is 13.7. The molecule has 0 radical (unpaired) electrons. The van der Waals surface area contributed by atoms with Crippen LogP contribution >= 0.6 is 34.8 Å². The van der Waals surface area contributed by atoms with Gasteiger partial charge in [-0.15, -0.1) is 0 Å². The van der Waals surface area contributed by atoms with Crippen molar-refractivity contribution in [3.63, 3.8) is 0 Å². The summed E-state index contributed by atoms with van der Waals surface area (Å²) in [7, 11) is -3.80. The molecule has 212 valence electrons. The Hall–Kier alpha value is -2.29. The number of hydrogen-bond acceptors (Lipinski definition) is 5. The second kappa shape index (κ2) is 11.2. The van der Waals surface area contributed by atoms with Crippen LogP contribution in [0.2, 0.25) is 15.1 Å². The zero-order chi connectivity index (χ0) is 28.7. The first-order valence-corrected chi connectivity index (χ1v) is 15.9. The summed E-state index contributed by atoms with van der Waals surface area (Å²) in [6, 6.07) is 18.5. The van der Waals surface area contributed by atoms with Crippen molar-refractivity contribution >= 4 is 50.7 Å². The standard InChI is InChI=1S/C30H32Cl3N3O3S/c1-4-17-39-26-19-25(33)27(40(37,38)36-15-5-6-16-36)18-24(26)28-34-29(2,20-7-11-22(31)12-8-20)30(3,35-28)21-9-13-23(32)14-10-21/h7-14,18-19H,4-6,15-17H2,1-3H3,(H,34,35)/t29-,30+. The summed E-state index contributed by atoms with van der Waals surface area (Å²) in [5.41, 5.74) is 0.885. The molecule has 40 heavy (non-hydrogen) atoms. The fourth-order valence-corrected chi connectivity index (χ4v) is 7.72. The molecule has 5 rings (SSSR count). The van der Waals surface area contributed by atoms with E-state index < -0.39 is 21.1 Å². The average molecular weight is 621 g/mol. The van der Waals surface area contributed by atoms with Crippen molar-refractivity contribution in [1.82, 2.24) is 9.62 Å². The predicted octanol–water partition coefficient (Wildman–Crippen LogP) is 7.40. The molecule has 2 atom stereocenters. The Bertz CT molecular complexity index is 1540. The summed E-state index contributed by atoms with van der Waals surface area (Å²) in [6.45, 7) is 7.53. The van der Waals surface area contributed by atoms with E-state index in [1.807, 2.05) is 55.5 Å². The number of aliphatic imine (C=N–C) groups is 1. The molecule has 2 aliphatic rings. The summed E-state index contributed by atoms with van der Waals surface area (Å²) in [5.74, 6) is 0.979. The van der Waals surface area contributed by atoms with Crippen LogP contribution in [0.4, 0.5) is 0 Å². The number of benzene rings is 3. The highest BCUT2D eigenvalue weighted by atomic mass is 35.5. The average Bonchev–Trinajstić information content (AvgIpc) is 3.56. The van der Waals surface area contributed by atoms with Crippen LogP contribution in [0.25, 0.3) is 0 Å². The SMILES string of the molecule is CCCOc1cc(Cl)c(S(=O)(=O)N2CCCC2)cc1C1=N[C@](C)(c2ccc(Cl)cc2)[C@](C)(c2ccc(Cl)cc2)N1. The Morgan fingerprint density at radius 2 is 1.50 bits per heavy atom. The number of amidine groups is 1. The van der Waals surface area contributed by atoms with Crippen LogP contribution in [0.3, 0.4) is 0 Å². The Morgan fingerprint density at radius 3 is 2.08 bits per heavy atom. The topological polar surface area (TPSA) is 71.0 Å². The molecule has 1 fully saturated rings. The van der Waals surface area contributed by atoms with Gasteiger partial charge in [0.15, 0.2) is 0 Å². The Labute approximate surface area is 251 Å². The molecule has 0 amide bonds. The zero-order valence-electron chi connectivity index (χ0n) is 22.7. The van der Waals surface area contributed by atoms with E-state index in [-0.39, 0.29) is 9.92 Å². The van der Waals surface area contributed by atoms with Gasteiger partial charge in [0.1, 0.15) is 22.0 Å². The molecule has 3 aromatic rings. The minimum absolute atomic E-state index is 0.0488. The van der Waals surface area contributed by atoms with Gasteiger partial charge in [-0.3, -0.25) is 4.99 Å². The Kier molecular flexibility index (Phi) is 8.16. The molecule has 0 saturated carbocycles. The lowest BCUT2D eigenvalue weighted by atomic mass is 9.72. The molecule has 1 saturated heterocycles. The van der Waals surface area contributed by atoms with Crippen LogP contribution in [-0.4, -0.2) is 38.3 Å². The maximum Gasteiger partial charge on any atom is 0.244 e. The van der Waals surface area contributed by atoms with Crippen LogP contribution in [0.1, 0.15) is 56.7 Å². The van der Waals surface area contributed by atoms with E-state index >= 15 is 0 Å². The maximum absolute atomic E-state index is 13.6. The number of rotatable bonds is 8. The van der Waals surface area contributed by atoms with Crippen molar-refractivity contribution in [2.45, 2.75) is 56.0 Å². The lowest BCUT2D eigenvalue weighted by Crippen LogP contribution is -2.50. The molecule has 0 bridgehead atoms. The van der Waals surface area contributed by atoms with Crippen LogP contribution in [0, 0.1) is 0 Å². The third-order valence-electron chi connectivity index (χ3n) is 7.94. The van der Waals surface area contributed by atoms with Crippen molar-refractivity contribution in [1.29, 1.82) is 0 Å². The van der Waals surface area contributed by atoms with E-state index in [0.717, 1.165) is 30.4 Å². The highest BCUT2D eigenvalue weighted by Crippen LogP contribution is 2.48. The summed E-state index contributed by atoms with van der Waals surface area (Å²) in [6.07, 6.45) is 2.43. The lowest BCUT2D eigenvalue weighted by Gasteiger charge is -2.40. The summed E-state index contributed by atoms with van der Waals surface area (Å²) in [4.78, 5) is 5.31. The fraction of sp³-hybridized carbons (Fsp3) is 0.367. The van der Waals surface area contributed by atoms with Gasteiger partial charge in [-0.25, -0.2) is 8.42 Å².